The Bertz CT molecular complexity index is 810. The second kappa shape index (κ2) is 21.0. The van der Waals surface area contributed by atoms with Gasteiger partial charge in [0.2, 0.25) is 0 Å². The van der Waals surface area contributed by atoms with Gasteiger partial charge in [-0.3, -0.25) is 9.97 Å². The number of hydrogen-bond donors (Lipinski definition) is 0. The molecule has 4 rings (SSSR count). The van der Waals surface area contributed by atoms with Gasteiger partial charge in [-0.1, -0.05) is 47.6 Å². The maximum atomic E-state index is 12.3. The minimum absolute atomic E-state index is 0.243. The zero-order chi connectivity index (χ0) is 25.6. The lowest BCUT2D eigenvalue weighted by Gasteiger charge is -2.32. The summed E-state index contributed by atoms with van der Waals surface area (Å²) in [7, 11) is 0. The fourth-order valence-corrected chi connectivity index (χ4v) is 2.40. The predicted molar refractivity (Wildman–Crippen MR) is 142 cm³/mol. The van der Waals surface area contributed by atoms with Gasteiger partial charge < -0.3 is 4.90 Å². The number of rotatable bonds is 1. The molecular weight excluding hydrogens is 411 g/mol. The van der Waals surface area contributed by atoms with E-state index in [-0.39, 0.29) is 5.82 Å². The summed E-state index contributed by atoms with van der Waals surface area (Å²) >= 11 is 0. The molecule has 1 saturated heterocycles. The van der Waals surface area contributed by atoms with Crippen molar-refractivity contribution in [2.45, 2.75) is 75.7 Å². The van der Waals surface area contributed by atoms with E-state index in [1.54, 1.807) is 19.2 Å². The maximum absolute atomic E-state index is 12.3. The third-order valence-corrected chi connectivity index (χ3v) is 4.05. The van der Waals surface area contributed by atoms with Gasteiger partial charge in [0, 0.05) is 36.9 Å². The van der Waals surface area contributed by atoms with Crippen molar-refractivity contribution in [2.24, 2.45) is 0 Å². The fourth-order valence-electron chi connectivity index (χ4n) is 2.40. The van der Waals surface area contributed by atoms with Crippen LogP contribution in [0.5, 0.6) is 0 Å². The van der Waals surface area contributed by atoms with Crippen LogP contribution in [0.25, 0.3) is 0 Å². The SMILES string of the molecule is CC.CC.CC.Cc1cccc(N2CCC2)n1.Cc1ccnc(C)c1.Cc1ncccc1F. The number of halogens is 1. The highest BCUT2D eigenvalue weighted by molar-refractivity contribution is 5.41. The number of nitrogens with zero attached hydrogens (tertiary/aromatic N) is 4. The fraction of sp³-hybridized carbons (Fsp3) is 0.464. The predicted octanol–water partition coefficient (Wildman–Crippen LogP) is 7.91. The van der Waals surface area contributed by atoms with Crippen LogP contribution in [-0.4, -0.2) is 28.0 Å². The van der Waals surface area contributed by atoms with Gasteiger partial charge in [-0.05, 0) is 76.1 Å². The molecule has 0 radical (unpaired) electrons. The van der Waals surface area contributed by atoms with Crippen molar-refractivity contribution >= 4 is 5.82 Å². The van der Waals surface area contributed by atoms with Crippen LogP contribution in [0.1, 0.15) is 70.6 Å². The first-order valence-corrected chi connectivity index (χ1v) is 12.1. The van der Waals surface area contributed by atoms with Crippen molar-refractivity contribution in [3.05, 3.63) is 83.3 Å². The zero-order valence-electron chi connectivity index (χ0n) is 22.5. The molecule has 4 nitrogen and oxygen atoms in total. The van der Waals surface area contributed by atoms with Crippen molar-refractivity contribution in [1.82, 2.24) is 15.0 Å². The summed E-state index contributed by atoms with van der Waals surface area (Å²) in [5, 5.41) is 0. The molecule has 0 unspecified atom stereocenters. The lowest BCUT2D eigenvalue weighted by Crippen LogP contribution is -2.37. The van der Waals surface area contributed by atoms with Crippen LogP contribution in [0.2, 0.25) is 0 Å². The van der Waals surface area contributed by atoms with Gasteiger partial charge in [0.25, 0.3) is 0 Å². The Labute approximate surface area is 202 Å². The Hall–Kier alpha value is -2.82. The van der Waals surface area contributed by atoms with E-state index in [2.05, 4.69) is 45.0 Å². The number of hydrogen-bond acceptors (Lipinski definition) is 4. The average Bonchev–Trinajstić information content (AvgIpc) is 2.80. The Morgan fingerprint density at radius 2 is 1.36 bits per heavy atom. The third-order valence-electron chi connectivity index (χ3n) is 4.05. The zero-order valence-corrected chi connectivity index (χ0v) is 22.5. The molecule has 0 aromatic carbocycles. The Kier molecular flexibility index (Phi) is 20.6. The highest BCUT2D eigenvalue weighted by Gasteiger charge is 2.14. The highest BCUT2D eigenvalue weighted by atomic mass is 19.1. The first kappa shape index (κ1) is 32.4. The average molecular weight is 457 g/mol. The quantitative estimate of drug-likeness (QED) is 0.373. The lowest BCUT2D eigenvalue weighted by molar-refractivity contribution is 0.609. The molecule has 3 aromatic heterocycles. The molecule has 1 fully saturated rings. The molecule has 0 atom stereocenters. The Morgan fingerprint density at radius 1 is 0.727 bits per heavy atom. The Morgan fingerprint density at radius 3 is 1.73 bits per heavy atom. The molecule has 0 bridgehead atoms. The van der Waals surface area contributed by atoms with Gasteiger partial charge in [0.05, 0.1) is 5.69 Å². The summed E-state index contributed by atoms with van der Waals surface area (Å²) in [5.74, 6) is 0.892. The normalized spacial score (nSPS) is 10.5. The molecule has 3 aromatic rings. The van der Waals surface area contributed by atoms with Crippen LogP contribution in [0.3, 0.4) is 0 Å². The maximum Gasteiger partial charge on any atom is 0.144 e. The van der Waals surface area contributed by atoms with Crippen LogP contribution >= 0.6 is 0 Å². The minimum Gasteiger partial charge on any atom is -0.356 e. The van der Waals surface area contributed by atoms with Gasteiger partial charge in [-0.15, -0.1) is 0 Å². The molecule has 5 heteroatoms. The van der Waals surface area contributed by atoms with Gasteiger partial charge >= 0.3 is 0 Å². The standard InChI is InChI=1S/C9H12N2.C7H9N.C6H6FN.3C2H6/c1-8-4-2-5-9(10-8)11-6-3-7-11;1-6-3-4-8-7(2)5-6;1-5-6(7)3-2-4-8-5;3*1-2/h2,4-5H,3,6-7H2,1H3;3-5H,1-2H3;2-4H,1H3;3*1-2H3. The van der Waals surface area contributed by atoms with Gasteiger partial charge in [-0.2, -0.15) is 0 Å². The van der Waals surface area contributed by atoms with E-state index in [1.165, 1.54) is 31.1 Å². The summed E-state index contributed by atoms with van der Waals surface area (Å²) in [5.41, 5.74) is 3.92. The molecular formula is C28H45FN4. The third kappa shape index (κ3) is 14.8. The number of aryl methyl sites for hydroxylation is 4. The monoisotopic (exact) mass is 456 g/mol. The van der Waals surface area contributed by atoms with E-state index < -0.39 is 0 Å². The van der Waals surface area contributed by atoms with E-state index in [9.17, 15) is 4.39 Å². The first-order chi connectivity index (χ1) is 16.0. The van der Waals surface area contributed by atoms with Crippen LogP contribution in [0.4, 0.5) is 10.2 Å². The summed E-state index contributed by atoms with van der Waals surface area (Å²) in [4.78, 5) is 14.5. The molecule has 0 N–H and O–H groups in total. The van der Waals surface area contributed by atoms with E-state index in [1.807, 2.05) is 73.7 Å². The topological polar surface area (TPSA) is 41.9 Å². The van der Waals surface area contributed by atoms with Gasteiger partial charge in [-0.25, -0.2) is 9.37 Å². The van der Waals surface area contributed by atoms with Crippen LogP contribution in [0, 0.1) is 33.5 Å². The minimum atomic E-state index is -0.243. The molecule has 4 heterocycles. The van der Waals surface area contributed by atoms with Crippen molar-refractivity contribution in [2.75, 3.05) is 18.0 Å². The number of anilines is 1. The van der Waals surface area contributed by atoms with Crippen LogP contribution in [-0.2, 0) is 0 Å². The van der Waals surface area contributed by atoms with Gasteiger partial charge in [0.15, 0.2) is 0 Å². The molecule has 0 amide bonds. The van der Waals surface area contributed by atoms with E-state index >= 15 is 0 Å². The molecule has 1 aliphatic heterocycles. The van der Waals surface area contributed by atoms with Crippen molar-refractivity contribution in [3.8, 4) is 0 Å². The Balaban J connectivity index is 0. The molecule has 0 saturated carbocycles. The summed E-state index contributed by atoms with van der Waals surface area (Å²) in [6.07, 6.45) is 4.71. The molecule has 0 spiro atoms. The summed E-state index contributed by atoms with van der Waals surface area (Å²) < 4.78 is 12.3. The second-order valence-corrected chi connectivity index (χ2v) is 6.52. The molecule has 184 valence electrons. The summed E-state index contributed by atoms with van der Waals surface area (Å²) in [6, 6.07) is 13.2. The second-order valence-electron chi connectivity index (χ2n) is 6.52. The first-order valence-electron chi connectivity index (χ1n) is 12.1. The highest BCUT2D eigenvalue weighted by Crippen LogP contribution is 2.17. The number of aromatic nitrogens is 3. The van der Waals surface area contributed by atoms with Crippen molar-refractivity contribution < 1.29 is 4.39 Å². The van der Waals surface area contributed by atoms with E-state index in [0.29, 0.717) is 5.69 Å². The van der Waals surface area contributed by atoms with E-state index in [0.717, 1.165) is 17.2 Å². The van der Waals surface area contributed by atoms with Gasteiger partial charge in [0.1, 0.15) is 11.6 Å². The smallest absolute Gasteiger partial charge is 0.144 e. The van der Waals surface area contributed by atoms with E-state index in [4.69, 9.17) is 0 Å². The molecule has 0 aliphatic carbocycles. The number of pyridine rings is 3. The molecule has 33 heavy (non-hydrogen) atoms. The van der Waals surface area contributed by atoms with Crippen molar-refractivity contribution in [1.29, 1.82) is 0 Å². The largest absolute Gasteiger partial charge is 0.356 e. The van der Waals surface area contributed by atoms with Crippen molar-refractivity contribution in [3.63, 3.8) is 0 Å². The van der Waals surface area contributed by atoms with Crippen LogP contribution < -0.4 is 4.90 Å². The molecule has 1 aliphatic rings. The van der Waals surface area contributed by atoms with Crippen LogP contribution in [0.15, 0.2) is 54.9 Å². The summed E-state index contributed by atoms with van der Waals surface area (Å²) in [6.45, 7) is 22.1. The lowest BCUT2D eigenvalue weighted by atomic mass is 10.2.